The van der Waals surface area contributed by atoms with Crippen molar-refractivity contribution < 1.29 is 0 Å². The molecule has 0 spiro atoms. The van der Waals surface area contributed by atoms with Crippen molar-refractivity contribution in [3.63, 3.8) is 0 Å². The molecule has 336 valence electrons. The van der Waals surface area contributed by atoms with Gasteiger partial charge < -0.3 is 19.6 Å². The van der Waals surface area contributed by atoms with E-state index in [0.717, 1.165) is 100 Å². The minimum Gasteiger partial charge on any atom is -0.310 e. The lowest BCUT2D eigenvalue weighted by atomic mass is 10.00. The van der Waals surface area contributed by atoms with E-state index < -0.39 is 0 Å². The highest BCUT2D eigenvalue weighted by Gasteiger charge is 2.21. The summed E-state index contributed by atoms with van der Waals surface area (Å²) in [5.74, 6) is 0. The fourth-order valence-electron chi connectivity index (χ4n) is 9.36. The zero-order valence-electron chi connectivity index (χ0n) is 38.9. The molecule has 0 aromatic heterocycles. The van der Waals surface area contributed by atoms with Crippen LogP contribution in [-0.4, -0.2) is 0 Å². The molecule has 0 bridgehead atoms. The van der Waals surface area contributed by atoms with E-state index in [0.29, 0.717) is 0 Å². The fourth-order valence-corrected chi connectivity index (χ4v) is 9.36. The number of para-hydroxylation sites is 8. The van der Waals surface area contributed by atoms with Crippen molar-refractivity contribution in [2.24, 2.45) is 0 Å². The molecular weight excluding hydrogens is 837 g/mol. The van der Waals surface area contributed by atoms with E-state index in [1.807, 2.05) is 0 Å². The van der Waals surface area contributed by atoms with Gasteiger partial charge in [0.15, 0.2) is 0 Å². The van der Waals surface area contributed by atoms with Gasteiger partial charge in [-0.1, -0.05) is 152 Å². The second-order valence-corrected chi connectivity index (χ2v) is 17.3. The standard InChI is InChI=1S/C65H56N4/c1(10-28-52-46-62(66(54-30-12-2-13-31-54)55-32-14-3-15-33-55)50-63(47-52)67(56-34-16-4-17-35-56)57-36-18-5-19-37-57)11-29-53-48-64(68(58-38-20-6-21-39-58)59-40-22-7-23-41-59)51-65(49-53)69(60-42-24-8-25-43-60)61-44-26-9-27-45-61/h2-9,12-27,30-51H,1,10-11,28-29H2. The molecule has 0 saturated heterocycles. The third-order valence-corrected chi connectivity index (χ3v) is 12.5. The van der Waals surface area contributed by atoms with Crippen LogP contribution in [0.1, 0.15) is 30.4 Å². The Labute approximate surface area is 408 Å². The number of aryl methyl sites for hydroxylation is 2. The van der Waals surface area contributed by atoms with Crippen LogP contribution in [0.4, 0.5) is 68.2 Å². The van der Waals surface area contributed by atoms with Crippen molar-refractivity contribution in [1.29, 1.82) is 0 Å². The van der Waals surface area contributed by atoms with Gasteiger partial charge in [0.25, 0.3) is 0 Å². The number of benzene rings is 10. The first-order valence-electron chi connectivity index (χ1n) is 24.1. The third kappa shape index (κ3) is 10.7. The molecular formula is C65H56N4. The van der Waals surface area contributed by atoms with Crippen LogP contribution in [0.3, 0.4) is 0 Å². The van der Waals surface area contributed by atoms with Gasteiger partial charge in [0.1, 0.15) is 0 Å². The Bertz CT molecular complexity index is 2540. The van der Waals surface area contributed by atoms with Gasteiger partial charge in [0.05, 0.1) is 0 Å². The van der Waals surface area contributed by atoms with Crippen LogP contribution in [-0.2, 0) is 12.8 Å². The summed E-state index contributed by atoms with van der Waals surface area (Å²) < 4.78 is 0. The highest BCUT2D eigenvalue weighted by molar-refractivity contribution is 5.85. The molecule has 0 aliphatic rings. The summed E-state index contributed by atoms with van der Waals surface area (Å²) in [5.41, 5.74) is 16.1. The molecule has 0 aliphatic heterocycles. The molecule has 0 saturated carbocycles. The molecule has 10 rings (SSSR count). The predicted octanol–water partition coefficient (Wildman–Crippen LogP) is 18.5. The largest absolute Gasteiger partial charge is 0.310 e. The highest BCUT2D eigenvalue weighted by Crippen LogP contribution is 2.43. The molecule has 0 unspecified atom stereocenters. The van der Waals surface area contributed by atoms with Crippen LogP contribution in [0.15, 0.2) is 279 Å². The molecule has 0 heterocycles. The lowest BCUT2D eigenvalue weighted by Crippen LogP contribution is -2.14. The zero-order chi connectivity index (χ0) is 46.5. The summed E-state index contributed by atoms with van der Waals surface area (Å²) in [5, 5.41) is 0. The van der Waals surface area contributed by atoms with Crippen LogP contribution in [0.2, 0.25) is 0 Å². The molecule has 0 radical (unpaired) electrons. The Morgan fingerprint density at radius 2 is 0.348 bits per heavy atom. The molecule has 0 atom stereocenters. The van der Waals surface area contributed by atoms with Gasteiger partial charge in [0.2, 0.25) is 0 Å². The normalized spacial score (nSPS) is 10.9. The smallest absolute Gasteiger partial charge is 0.0485 e. The predicted molar refractivity (Wildman–Crippen MR) is 293 cm³/mol. The van der Waals surface area contributed by atoms with Crippen molar-refractivity contribution in [1.82, 2.24) is 0 Å². The van der Waals surface area contributed by atoms with Gasteiger partial charge in [-0.3, -0.25) is 0 Å². The molecule has 69 heavy (non-hydrogen) atoms. The van der Waals surface area contributed by atoms with E-state index >= 15 is 0 Å². The van der Waals surface area contributed by atoms with Gasteiger partial charge in [0, 0.05) is 68.2 Å². The number of nitrogens with zero attached hydrogens (tertiary/aromatic N) is 4. The number of rotatable bonds is 18. The Morgan fingerprint density at radius 1 is 0.174 bits per heavy atom. The van der Waals surface area contributed by atoms with Crippen LogP contribution < -0.4 is 19.6 Å². The SMILES string of the molecule is c1ccc(N(c2ccccc2)c2cc(CCCCCc3cc(N(c4ccccc4)c4ccccc4)cc(N(c4ccccc4)c4ccccc4)c3)cc(N(c3ccccc3)c3ccccc3)c2)cc1. The lowest BCUT2D eigenvalue weighted by molar-refractivity contribution is 0.678. The lowest BCUT2D eigenvalue weighted by Gasteiger charge is -2.30. The van der Waals surface area contributed by atoms with Gasteiger partial charge >= 0.3 is 0 Å². The van der Waals surface area contributed by atoms with Crippen LogP contribution in [0.5, 0.6) is 0 Å². The summed E-state index contributed by atoms with van der Waals surface area (Å²) in [7, 11) is 0. The van der Waals surface area contributed by atoms with Crippen molar-refractivity contribution in [2.45, 2.75) is 32.1 Å². The minimum absolute atomic E-state index is 0.951. The van der Waals surface area contributed by atoms with E-state index in [1.165, 1.54) is 11.1 Å². The molecule has 4 nitrogen and oxygen atoms in total. The van der Waals surface area contributed by atoms with Crippen molar-refractivity contribution >= 4 is 68.2 Å². The molecule has 4 heteroatoms. The summed E-state index contributed by atoms with van der Waals surface area (Å²) in [4.78, 5) is 9.53. The zero-order valence-corrected chi connectivity index (χ0v) is 38.9. The second-order valence-electron chi connectivity index (χ2n) is 17.3. The van der Waals surface area contributed by atoms with E-state index in [-0.39, 0.29) is 0 Å². The van der Waals surface area contributed by atoms with Gasteiger partial charge in [-0.05, 0) is 170 Å². The minimum atomic E-state index is 0.951. The first-order valence-corrected chi connectivity index (χ1v) is 24.1. The summed E-state index contributed by atoms with van der Waals surface area (Å²) in [6.07, 6.45) is 5.11. The average Bonchev–Trinajstić information content (AvgIpc) is 3.41. The van der Waals surface area contributed by atoms with Crippen LogP contribution in [0, 0.1) is 0 Å². The fraction of sp³-hybridized carbons (Fsp3) is 0.0769. The van der Waals surface area contributed by atoms with E-state index in [1.54, 1.807) is 0 Å². The first-order chi connectivity index (χ1) is 34.2. The number of unbranched alkanes of at least 4 members (excludes halogenated alkanes) is 2. The van der Waals surface area contributed by atoms with Crippen molar-refractivity contribution in [3.8, 4) is 0 Å². The monoisotopic (exact) mass is 892 g/mol. The molecule has 0 N–H and O–H groups in total. The van der Waals surface area contributed by atoms with Gasteiger partial charge in [-0.15, -0.1) is 0 Å². The topological polar surface area (TPSA) is 13.0 Å². The Morgan fingerprint density at radius 3 is 0.522 bits per heavy atom. The second kappa shape index (κ2) is 21.8. The Hall–Kier alpha value is -8.60. The quantitative estimate of drug-likeness (QED) is 0.0796. The number of hydrogen-bond donors (Lipinski definition) is 0. The van der Waals surface area contributed by atoms with E-state index in [4.69, 9.17) is 0 Å². The molecule has 10 aromatic rings. The van der Waals surface area contributed by atoms with Gasteiger partial charge in [-0.25, -0.2) is 0 Å². The summed E-state index contributed by atoms with van der Waals surface area (Å²) in [6.45, 7) is 0. The van der Waals surface area contributed by atoms with E-state index in [2.05, 4.69) is 299 Å². The maximum atomic E-state index is 2.40. The van der Waals surface area contributed by atoms with Crippen molar-refractivity contribution in [2.75, 3.05) is 19.6 Å². The number of hydrogen-bond acceptors (Lipinski definition) is 4. The van der Waals surface area contributed by atoms with Gasteiger partial charge in [-0.2, -0.15) is 0 Å². The van der Waals surface area contributed by atoms with Crippen LogP contribution in [0.25, 0.3) is 0 Å². The maximum Gasteiger partial charge on any atom is 0.0485 e. The third-order valence-electron chi connectivity index (χ3n) is 12.5. The van der Waals surface area contributed by atoms with Crippen LogP contribution >= 0.6 is 0 Å². The Kier molecular flexibility index (Phi) is 14.0. The first kappa shape index (κ1) is 44.2. The van der Waals surface area contributed by atoms with E-state index in [9.17, 15) is 0 Å². The molecule has 0 aliphatic carbocycles. The summed E-state index contributed by atoms with van der Waals surface area (Å²) >= 11 is 0. The average molecular weight is 893 g/mol. The molecule has 10 aromatic carbocycles. The molecule has 0 amide bonds. The highest BCUT2D eigenvalue weighted by atomic mass is 15.2. The maximum absolute atomic E-state index is 2.40. The Balaban J connectivity index is 0.986. The summed E-state index contributed by atoms with van der Waals surface area (Å²) in [6, 6.07) is 100. The molecule has 0 fully saturated rings. The van der Waals surface area contributed by atoms with Crippen molar-refractivity contribution in [3.05, 3.63) is 290 Å². The number of anilines is 12.